The van der Waals surface area contributed by atoms with Crippen LogP contribution in [0.5, 0.6) is 0 Å². The van der Waals surface area contributed by atoms with Crippen molar-refractivity contribution >= 4 is 0 Å². The summed E-state index contributed by atoms with van der Waals surface area (Å²) in [7, 11) is 0. The standard InChI is InChI=1S/C9H15N3/c10-8-12-7-3-4-9(12)11-5-1-2-6-11/h9H,1-7H2. The molecule has 2 saturated heterocycles. The molecule has 0 aliphatic carbocycles. The van der Waals surface area contributed by atoms with E-state index in [0.29, 0.717) is 6.17 Å². The third-order valence-electron chi connectivity index (χ3n) is 2.91. The summed E-state index contributed by atoms with van der Waals surface area (Å²) in [6, 6.07) is 0. The molecular weight excluding hydrogens is 150 g/mol. The topological polar surface area (TPSA) is 30.3 Å². The zero-order chi connectivity index (χ0) is 8.39. The van der Waals surface area contributed by atoms with Gasteiger partial charge in [-0.15, -0.1) is 0 Å². The molecule has 0 N–H and O–H groups in total. The second-order valence-corrected chi connectivity index (χ2v) is 3.66. The first-order valence-corrected chi connectivity index (χ1v) is 4.82. The normalized spacial score (nSPS) is 30.9. The van der Waals surface area contributed by atoms with Crippen molar-refractivity contribution in [1.82, 2.24) is 9.80 Å². The minimum absolute atomic E-state index is 0.442. The van der Waals surface area contributed by atoms with E-state index in [1.807, 2.05) is 4.90 Å². The Kier molecular flexibility index (Phi) is 2.18. The zero-order valence-electron chi connectivity index (χ0n) is 7.37. The van der Waals surface area contributed by atoms with Gasteiger partial charge in [-0.05, 0) is 25.7 Å². The molecule has 0 aromatic carbocycles. The highest BCUT2D eigenvalue weighted by atomic mass is 15.4. The van der Waals surface area contributed by atoms with Gasteiger partial charge in [-0.3, -0.25) is 9.80 Å². The maximum absolute atomic E-state index is 8.85. The average molecular weight is 165 g/mol. The number of nitrogens with zero attached hydrogens (tertiary/aromatic N) is 3. The van der Waals surface area contributed by atoms with E-state index in [2.05, 4.69) is 11.1 Å². The first-order valence-electron chi connectivity index (χ1n) is 4.82. The van der Waals surface area contributed by atoms with Gasteiger partial charge in [0.25, 0.3) is 0 Å². The van der Waals surface area contributed by atoms with Crippen molar-refractivity contribution in [2.75, 3.05) is 19.6 Å². The molecule has 2 fully saturated rings. The molecule has 0 radical (unpaired) electrons. The lowest BCUT2D eigenvalue weighted by Gasteiger charge is -2.27. The SMILES string of the molecule is N#CN1CCCC1N1CCCC1. The van der Waals surface area contributed by atoms with Crippen molar-refractivity contribution in [1.29, 1.82) is 5.26 Å². The van der Waals surface area contributed by atoms with Crippen molar-refractivity contribution in [3.63, 3.8) is 0 Å². The van der Waals surface area contributed by atoms with Crippen LogP contribution in [0.1, 0.15) is 25.7 Å². The lowest BCUT2D eigenvalue weighted by atomic mass is 10.3. The molecule has 1 unspecified atom stereocenters. The maximum Gasteiger partial charge on any atom is 0.180 e. The highest BCUT2D eigenvalue weighted by molar-refractivity contribution is 4.89. The fourth-order valence-corrected chi connectivity index (χ4v) is 2.29. The molecule has 3 nitrogen and oxygen atoms in total. The third-order valence-corrected chi connectivity index (χ3v) is 2.91. The minimum Gasteiger partial charge on any atom is -0.294 e. The Morgan fingerprint density at radius 2 is 1.83 bits per heavy atom. The molecule has 0 aromatic rings. The highest BCUT2D eigenvalue weighted by Crippen LogP contribution is 2.23. The molecule has 0 saturated carbocycles. The van der Waals surface area contributed by atoms with Crippen molar-refractivity contribution in [2.45, 2.75) is 31.8 Å². The molecule has 0 amide bonds. The van der Waals surface area contributed by atoms with E-state index in [1.54, 1.807) is 0 Å². The molecule has 3 heteroatoms. The van der Waals surface area contributed by atoms with Gasteiger partial charge in [0.2, 0.25) is 0 Å². The van der Waals surface area contributed by atoms with Gasteiger partial charge in [0, 0.05) is 19.6 Å². The van der Waals surface area contributed by atoms with Gasteiger partial charge in [-0.1, -0.05) is 0 Å². The predicted molar refractivity (Wildman–Crippen MR) is 46.1 cm³/mol. The Morgan fingerprint density at radius 3 is 2.50 bits per heavy atom. The summed E-state index contributed by atoms with van der Waals surface area (Å²) in [6.45, 7) is 3.36. The van der Waals surface area contributed by atoms with Crippen LogP contribution >= 0.6 is 0 Å². The number of nitriles is 1. The molecule has 0 aromatic heterocycles. The number of rotatable bonds is 1. The average Bonchev–Trinajstić information content (AvgIpc) is 2.74. The largest absolute Gasteiger partial charge is 0.294 e. The van der Waals surface area contributed by atoms with Crippen LogP contribution in [0.15, 0.2) is 0 Å². The molecule has 66 valence electrons. The summed E-state index contributed by atoms with van der Waals surface area (Å²) >= 11 is 0. The second-order valence-electron chi connectivity index (χ2n) is 3.66. The lowest BCUT2D eigenvalue weighted by molar-refractivity contribution is 0.141. The van der Waals surface area contributed by atoms with Crippen LogP contribution in [0.3, 0.4) is 0 Å². The molecule has 12 heavy (non-hydrogen) atoms. The van der Waals surface area contributed by atoms with Crippen LogP contribution in [-0.4, -0.2) is 35.6 Å². The smallest absolute Gasteiger partial charge is 0.180 e. The van der Waals surface area contributed by atoms with E-state index in [4.69, 9.17) is 5.26 Å². The van der Waals surface area contributed by atoms with Gasteiger partial charge in [0.05, 0.1) is 6.17 Å². The Morgan fingerprint density at radius 1 is 1.08 bits per heavy atom. The van der Waals surface area contributed by atoms with Crippen molar-refractivity contribution in [3.05, 3.63) is 0 Å². The fourth-order valence-electron chi connectivity index (χ4n) is 2.29. The van der Waals surface area contributed by atoms with Crippen LogP contribution < -0.4 is 0 Å². The van der Waals surface area contributed by atoms with Gasteiger partial charge in [-0.25, -0.2) is 0 Å². The van der Waals surface area contributed by atoms with E-state index in [1.165, 1.54) is 38.8 Å². The van der Waals surface area contributed by atoms with E-state index in [-0.39, 0.29) is 0 Å². The zero-order valence-corrected chi connectivity index (χ0v) is 7.37. The van der Waals surface area contributed by atoms with Crippen molar-refractivity contribution < 1.29 is 0 Å². The summed E-state index contributed by atoms with van der Waals surface area (Å²) in [6.07, 6.45) is 7.73. The van der Waals surface area contributed by atoms with Crippen molar-refractivity contribution in [3.8, 4) is 6.19 Å². The van der Waals surface area contributed by atoms with Gasteiger partial charge in [0.15, 0.2) is 6.19 Å². The van der Waals surface area contributed by atoms with E-state index in [0.717, 1.165) is 6.54 Å². The molecule has 2 aliphatic heterocycles. The van der Waals surface area contributed by atoms with E-state index >= 15 is 0 Å². The molecule has 1 atom stereocenters. The summed E-state index contributed by atoms with van der Waals surface area (Å²) in [5.74, 6) is 0. The number of hydrogen-bond donors (Lipinski definition) is 0. The molecule has 0 spiro atoms. The van der Waals surface area contributed by atoms with Gasteiger partial charge in [-0.2, -0.15) is 5.26 Å². The van der Waals surface area contributed by atoms with Crippen LogP contribution in [0.25, 0.3) is 0 Å². The molecule has 2 heterocycles. The highest BCUT2D eigenvalue weighted by Gasteiger charge is 2.30. The Hall–Kier alpha value is -0.750. The number of hydrogen-bond acceptors (Lipinski definition) is 3. The molecular formula is C9H15N3. The minimum atomic E-state index is 0.442. The monoisotopic (exact) mass is 165 g/mol. The third kappa shape index (κ3) is 1.27. The van der Waals surface area contributed by atoms with Crippen LogP contribution in [0.2, 0.25) is 0 Å². The molecule has 2 aliphatic rings. The van der Waals surface area contributed by atoms with Crippen LogP contribution in [0, 0.1) is 11.5 Å². The molecule has 0 bridgehead atoms. The van der Waals surface area contributed by atoms with Crippen LogP contribution in [-0.2, 0) is 0 Å². The fraction of sp³-hybridized carbons (Fsp3) is 0.889. The van der Waals surface area contributed by atoms with E-state index < -0.39 is 0 Å². The lowest BCUT2D eigenvalue weighted by Crippen LogP contribution is -2.40. The summed E-state index contributed by atoms with van der Waals surface area (Å²) in [5, 5.41) is 8.85. The summed E-state index contributed by atoms with van der Waals surface area (Å²) in [4.78, 5) is 4.39. The van der Waals surface area contributed by atoms with Gasteiger partial charge >= 0.3 is 0 Å². The summed E-state index contributed by atoms with van der Waals surface area (Å²) in [5.41, 5.74) is 0. The predicted octanol–water partition coefficient (Wildman–Crippen LogP) is 0.985. The Bertz CT molecular complexity index is 190. The second kappa shape index (κ2) is 3.32. The summed E-state index contributed by atoms with van der Waals surface area (Å²) < 4.78 is 0. The van der Waals surface area contributed by atoms with Crippen LogP contribution in [0.4, 0.5) is 0 Å². The Labute approximate surface area is 73.6 Å². The van der Waals surface area contributed by atoms with Crippen molar-refractivity contribution in [2.24, 2.45) is 0 Å². The quantitative estimate of drug-likeness (QED) is 0.543. The maximum atomic E-state index is 8.85. The van der Waals surface area contributed by atoms with Gasteiger partial charge < -0.3 is 0 Å². The number of likely N-dealkylation sites (tertiary alicyclic amines) is 2. The van der Waals surface area contributed by atoms with Gasteiger partial charge in [0.1, 0.15) is 0 Å². The first-order chi connectivity index (χ1) is 5.92. The molecule has 2 rings (SSSR count). The van der Waals surface area contributed by atoms with E-state index in [9.17, 15) is 0 Å². The Balaban J connectivity index is 1.97. The first kappa shape index (κ1) is 7.88.